The van der Waals surface area contributed by atoms with Crippen molar-refractivity contribution in [3.63, 3.8) is 0 Å². The van der Waals surface area contributed by atoms with Gasteiger partial charge in [0.25, 0.3) is 0 Å². The van der Waals surface area contributed by atoms with E-state index in [1.807, 2.05) is 12.5 Å². The molecule has 96 valence electrons. The van der Waals surface area contributed by atoms with E-state index in [-0.39, 0.29) is 0 Å². The highest BCUT2D eigenvalue weighted by atomic mass is 35.5. The van der Waals surface area contributed by atoms with Gasteiger partial charge in [-0.25, -0.2) is 4.98 Å². The summed E-state index contributed by atoms with van der Waals surface area (Å²) in [5, 5.41) is 1.17. The van der Waals surface area contributed by atoms with Gasteiger partial charge in [0.15, 0.2) is 0 Å². The molecule has 0 amide bonds. The zero-order valence-electron chi connectivity index (χ0n) is 9.85. The molecule has 0 unspecified atom stereocenters. The van der Waals surface area contributed by atoms with E-state index in [2.05, 4.69) is 9.55 Å². The van der Waals surface area contributed by atoms with E-state index >= 15 is 0 Å². The van der Waals surface area contributed by atoms with Gasteiger partial charge in [0.05, 0.1) is 18.0 Å². The largest absolute Gasteiger partial charge is 0.492 e. The maximum Gasteiger partial charge on any atom is 0.137 e. The normalized spacial score (nSPS) is 10.6. The predicted octanol–water partition coefficient (Wildman–Crippen LogP) is 4.05. The highest BCUT2D eigenvalue weighted by Crippen LogP contribution is 2.27. The lowest BCUT2D eigenvalue weighted by atomic mass is 10.3. The number of imidazole rings is 1. The fourth-order valence-corrected chi connectivity index (χ4v) is 2.05. The van der Waals surface area contributed by atoms with Crippen molar-refractivity contribution in [2.24, 2.45) is 0 Å². The number of hydrogen-bond acceptors (Lipinski definition) is 2. The molecule has 0 bridgehead atoms. The molecule has 0 aliphatic rings. The van der Waals surface area contributed by atoms with Gasteiger partial charge >= 0.3 is 0 Å². The molecule has 0 atom stereocenters. The number of nitrogens with zero attached hydrogens (tertiary/aromatic N) is 2. The second-order valence-electron chi connectivity index (χ2n) is 3.93. The first-order valence-corrected chi connectivity index (χ1v) is 6.55. The van der Waals surface area contributed by atoms with E-state index in [0.717, 1.165) is 19.4 Å². The van der Waals surface area contributed by atoms with Gasteiger partial charge in [-0.2, -0.15) is 0 Å². The molecular formula is C13H14Cl2N2O. The zero-order valence-corrected chi connectivity index (χ0v) is 11.4. The van der Waals surface area contributed by atoms with Crippen LogP contribution in [0.15, 0.2) is 36.9 Å². The highest BCUT2D eigenvalue weighted by molar-refractivity contribution is 6.35. The summed E-state index contributed by atoms with van der Waals surface area (Å²) in [5.74, 6) is 0.684. The molecule has 18 heavy (non-hydrogen) atoms. The van der Waals surface area contributed by atoms with Crippen molar-refractivity contribution in [2.45, 2.75) is 19.4 Å². The van der Waals surface area contributed by atoms with E-state index in [1.165, 1.54) is 0 Å². The molecule has 0 fully saturated rings. The molecule has 0 saturated heterocycles. The lowest BCUT2D eigenvalue weighted by molar-refractivity contribution is 0.303. The Morgan fingerprint density at radius 1 is 1.22 bits per heavy atom. The average Bonchev–Trinajstić information content (AvgIpc) is 2.84. The number of aryl methyl sites for hydroxylation is 1. The molecule has 5 heteroatoms. The van der Waals surface area contributed by atoms with Gasteiger partial charge in [-0.05, 0) is 31.0 Å². The van der Waals surface area contributed by atoms with Gasteiger partial charge in [-0.1, -0.05) is 23.2 Å². The minimum atomic E-state index is 0.553. The Hall–Kier alpha value is -1.19. The lowest BCUT2D eigenvalue weighted by Crippen LogP contribution is -2.01. The number of ether oxygens (including phenoxy) is 1. The standard InChI is InChI=1S/C13H14Cl2N2O/c14-11-3-4-13(12(15)9-11)18-8-2-1-6-17-7-5-16-10-17/h3-5,7,9-10H,1-2,6,8H2. The Balaban J connectivity index is 1.69. The van der Waals surface area contributed by atoms with Crippen LogP contribution in [-0.2, 0) is 6.54 Å². The summed E-state index contributed by atoms with van der Waals surface area (Å²) in [6.07, 6.45) is 7.57. The van der Waals surface area contributed by atoms with Crippen molar-refractivity contribution in [1.29, 1.82) is 0 Å². The monoisotopic (exact) mass is 284 g/mol. The Labute approximate surface area is 116 Å². The van der Waals surface area contributed by atoms with Crippen molar-refractivity contribution in [3.05, 3.63) is 47.0 Å². The van der Waals surface area contributed by atoms with E-state index in [9.17, 15) is 0 Å². The second-order valence-corrected chi connectivity index (χ2v) is 4.77. The summed E-state index contributed by atoms with van der Waals surface area (Å²) in [4.78, 5) is 3.99. The van der Waals surface area contributed by atoms with Crippen LogP contribution < -0.4 is 4.74 Å². The van der Waals surface area contributed by atoms with Crippen LogP contribution in [0.25, 0.3) is 0 Å². The van der Waals surface area contributed by atoms with Crippen molar-refractivity contribution in [2.75, 3.05) is 6.61 Å². The molecule has 3 nitrogen and oxygen atoms in total. The first-order chi connectivity index (χ1) is 8.75. The van der Waals surface area contributed by atoms with Crippen LogP contribution in [-0.4, -0.2) is 16.2 Å². The fraction of sp³-hybridized carbons (Fsp3) is 0.308. The fourth-order valence-electron chi connectivity index (χ4n) is 1.59. The third-order valence-corrected chi connectivity index (χ3v) is 3.05. The molecule has 0 saturated carbocycles. The number of aromatic nitrogens is 2. The summed E-state index contributed by atoms with van der Waals surface area (Å²) < 4.78 is 7.65. The average molecular weight is 285 g/mol. The summed E-state index contributed by atoms with van der Waals surface area (Å²) in [5.41, 5.74) is 0. The van der Waals surface area contributed by atoms with E-state index in [1.54, 1.807) is 24.4 Å². The quantitative estimate of drug-likeness (QED) is 0.749. The molecule has 0 N–H and O–H groups in total. The molecule has 1 aromatic carbocycles. The van der Waals surface area contributed by atoms with Crippen molar-refractivity contribution in [3.8, 4) is 5.75 Å². The Bertz CT molecular complexity index is 486. The number of unbranched alkanes of at least 4 members (excludes halogenated alkanes) is 1. The topological polar surface area (TPSA) is 27.1 Å². The van der Waals surface area contributed by atoms with Crippen molar-refractivity contribution < 1.29 is 4.74 Å². The molecule has 0 aliphatic heterocycles. The predicted molar refractivity (Wildman–Crippen MR) is 73.4 cm³/mol. The molecule has 2 rings (SSSR count). The maximum atomic E-state index is 6.00. The molecule has 2 aromatic rings. The molecule has 1 aromatic heterocycles. The van der Waals surface area contributed by atoms with Gasteiger partial charge in [0, 0.05) is 24.0 Å². The van der Waals surface area contributed by atoms with Crippen LogP contribution in [0.3, 0.4) is 0 Å². The van der Waals surface area contributed by atoms with Crippen molar-refractivity contribution in [1.82, 2.24) is 9.55 Å². The maximum absolute atomic E-state index is 6.00. The summed E-state index contributed by atoms with van der Waals surface area (Å²) in [7, 11) is 0. The second kappa shape index (κ2) is 6.66. The van der Waals surface area contributed by atoms with Gasteiger partial charge in [-0.15, -0.1) is 0 Å². The number of rotatable bonds is 6. The highest BCUT2D eigenvalue weighted by Gasteiger charge is 2.01. The van der Waals surface area contributed by atoms with E-state index in [0.29, 0.717) is 22.4 Å². The minimum Gasteiger partial charge on any atom is -0.492 e. The Kier molecular flexibility index (Phi) is 4.90. The van der Waals surface area contributed by atoms with E-state index < -0.39 is 0 Å². The van der Waals surface area contributed by atoms with Crippen LogP contribution in [0, 0.1) is 0 Å². The molecule has 0 spiro atoms. The van der Waals surface area contributed by atoms with Crippen LogP contribution in [0.1, 0.15) is 12.8 Å². The summed E-state index contributed by atoms with van der Waals surface area (Å²) in [6.45, 7) is 1.60. The van der Waals surface area contributed by atoms with Gasteiger partial charge in [0.1, 0.15) is 5.75 Å². The molecule has 0 radical (unpaired) electrons. The van der Waals surface area contributed by atoms with Crippen LogP contribution in [0.2, 0.25) is 10.0 Å². The van der Waals surface area contributed by atoms with Gasteiger partial charge in [-0.3, -0.25) is 0 Å². The first kappa shape index (κ1) is 13.2. The van der Waals surface area contributed by atoms with Crippen LogP contribution in [0.4, 0.5) is 0 Å². The molecule has 1 heterocycles. The summed E-state index contributed by atoms with van der Waals surface area (Å²) in [6, 6.07) is 5.25. The van der Waals surface area contributed by atoms with Crippen LogP contribution >= 0.6 is 23.2 Å². The number of halogens is 2. The Morgan fingerprint density at radius 2 is 2.11 bits per heavy atom. The third-order valence-electron chi connectivity index (χ3n) is 2.52. The van der Waals surface area contributed by atoms with Crippen molar-refractivity contribution >= 4 is 23.2 Å². The summed E-state index contributed by atoms with van der Waals surface area (Å²) >= 11 is 11.8. The number of hydrogen-bond donors (Lipinski definition) is 0. The molecular weight excluding hydrogens is 271 g/mol. The first-order valence-electron chi connectivity index (χ1n) is 5.79. The Morgan fingerprint density at radius 3 is 2.83 bits per heavy atom. The zero-order chi connectivity index (χ0) is 12.8. The SMILES string of the molecule is Clc1ccc(OCCCCn2ccnc2)c(Cl)c1. The smallest absolute Gasteiger partial charge is 0.137 e. The third kappa shape index (κ3) is 3.93. The van der Waals surface area contributed by atoms with Gasteiger partial charge < -0.3 is 9.30 Å². The molecule has 0 aliphatic carbocycles. The van der Waals surface area contributed by atoms with E-state index in [4.69, 9.17) is 27.9 Å². The van der Waals surface area contributed by atoms with Gasteiger partial charge in [0.2, 0.25) is 0 Å². The number of benzene rings is 1. The lowest BCUT2D eigenvalue weighted by Gasteiger charge is -2.08. The minimum absolute atomic E-state index is 0.553. The van der Waals surface area contributed by atoms with Crippen LogP contribution in [0.5, 0.6) is 5.75 Å².